The minimum atomic E-state index is -1.67. The Labute approximate surface area is 265 Å². The maximum Gasteiger partial charge on any atom is 0.338 e. The van der Waals surface area contributed by atoms with Crippen LogP contribution < -0.4 is 14.2 Å². The van der Waals surface area contributed by atoms with Crippen molar-refractivity contribution < 1.29 is 63.9 Å². The van der Waals surface area contributed by atoms with Crippen LogP contribution in [0, 0.1) is 0 Å². The van der Waals surface area contributed by atoms with Crippen molar-refractivity contribution in [1.29, 1.82) is 0 Å². The van der Waals surface area contributed by atoms with Crippen molar-refractivity contribution in [3.05, 3.63) is 76.9 Å². The number of benzene rings is 3. The molecule has 7 atom stereocenters. The Morgan fingerprint density at radius 1 is 0.913 bits per heavy atom. The number of methoxy groups -OCH3 is 2. The van der Waals surface area contributed by atoms with Crippen LogP contribution in [-0.2, 0) is 20.6 Å². The molecule has 0 bridgehead atoms. The number of rotatable bonds is 12. The topological polar surface area (TPSA) is 194 Å². The standard InChI is InChI=1S/C33H38O13/c1-41-24-14-19(7-10-23(24)37)29-22(21-12-17(4-3-11-34)13-25(42-2)30(21)45-29)16-43-33-31(28(39)27(38)26(15-35)44-33)46-32(40)18-5-8-20(36)9-6-18/h5-10,12-14,22,26-29,31,33-39H,3-4,11,15-16H2,1-2H3/t22?,26-,27-,28+,29?,31-,33-/m1/s1. The predicted molar refractivity (Wildman–Crippen MR) is 160 cm³/mol. The summed E-state index contributed by atoms with van der Waals surface area (Å²) in [5.74, 6) is -0.363. The quantitative estimate of drug-likeness (QED) is 0.157. The third kappa shape index (κ3) is 6.84. The first-order chi connectivity index (χ1) is 22.2. The van der Waals surface area contributed by atoms with Gasteiger partial charge in [0.15, 0.2) is 35.4 Å². The van der Waals surface area contributed by atoms with Crippen molar-refractivity contribution >= 4 is 5.97 Å². The molecule has 0 spiro atoms. The number of aromatic hydroxyl groups is 2. The lowest BCUT2D eigenvalue weighted by atomic mass is 9.90. The van der Waals surface area contributed by atoms with Gasteiger partial charge in [-0.15, -0.1) is 0 Å². The zero-order valence-corrected chi connectivity index (χ0v) is 25.3. The van der Waals surface area contributed by atoms with Crippen molar-refractivity contribution in [2.45, 2.75) is 55.6 Å². The normalized spacial score (nSPS) is 25.4. The summed E-state index contributed by atoms with van der Waals surface area (Å²) in [6, 6.07) is 13.8. The molecule has 2 aliphatic rings. The zero-order chi connectivity index (χ0) is 33.0. The second-order valence-electron chi connectivity index (χ2n) is 11.1. The Morgan fingerprint density at radius 3 is 2.33 bits per heavy atom. The summed E-state index contributed by atoms with van der Waals surface area (Å²) in [4.78, 5) is 13.0. The molecule has 0 radical (unpaired) electrons. The number of carbonyl (C=O) groups is 1. The lowest BCUT2D eigenvalue weighted by Crippen LogP contribution is -2.60. The molecular formula is C33H38O13. The first kappa shape index (κ1) is 33.3. The Morgan fingerprint density at radius 2 is 1.65 bits per heavy atom. The second-order valence-corrected chi connectivity index (χ2v) is 11.1. The summed E-state index contributed by atoms with van der Waals surface area (Å²) < 4.78 is 35.0. The van der Waals surface area contributed by atoms with E-state index < -0.39 is 55.3 Å². The minimum Gasteiger partial charge on any atom is -0.508 e. The maximum absolute atomic E-state index is 13.0. The third-order valence-electron chi connectivity index (χ3n) is 8.14. The van der Waals surface area contributed by atoms with Crippen LogP contribution in [0.25, 0.3) is 0 Å². The van der Waals surface area contributed by atoms with Crippen LogP contribution in [0.2, 0.25) is 0 Å². The summed E-state index contributed by atoms with van der Waals surface area (Å²) in [6.45, 7) is -0.762. The van der Waals surface area contributed by atoms with Crippen LogP contribution in [0.15, 0.2) is 54.6 Å². The fraction of sp³-hybridized carbons (Fsp3) is 0.424. The fourth-order valence-electron chi connectivity index (χ4n) is 5.69. The number of esters is 1. The fourth-order valence-corrected chi connectivity index (χ4v) is 5.69. The zero-order valence-electron chi connectivity index (χ0n) is 25.3. The summed E-state index contributed by atoms with van der Waals surface area (Å²) in [5, 5.41) is 60.6. The summed E-state index contributed by atoms with van der Waals surface area (Å²) in [7, 11) is 2.94. The summed E-state index contributed by atoms with van der Waals surface area (Å²) in [6.07, 6.45) is -7.02. The molecule has 0 aromatic heterocycles. The van der Waals surface area contributed by atoms with Gasteiger partial charge in [0.2, 0.25) is 0 Å². The number of ether oxygens (including phenoxy) is 6. The second kappa shape index (κ2) is 14.5. The first-order valence-corrected chi connectivity index (χ1v) is 14.8. The van der Waals surface area contributed by atoms with Crippen LogP contribution in [0.1, 0.15) is 45.5 Å². The molecule has 6 N–H and O–H groups in total. The van der Waals surface area contributed by atoms with E-state index in [1.807, 2.05) is 12.1 Å². The average molecular weight is 643 g/mol. The van der Waals surface area contributed by atoms with Crippen molar-refractivity contribution in [3.8, 4) is 28.7 Å². The minimum absolute atomic E-state index is 0.00183. The van der Waals surface area contributed by atoms with E-state index in [0.717, 1.165) is 11.1 Å². The Balaban J connectivity index is 1.48. The van der Waals surface area contributed by atoms with Crippen molar-refractivity contribution in [2.24, 2.45) is 0 Å². The smallest absolute Gasteiger partial charge is 0.338 e. The van der Waals surface area contributed by atoms with E-state index in [2.05, 4.69) is 0 Å². The molecule has 2 heterocycles. The number of fused-ring (bicyclic) bond motifs is 1. The molecule has 3 aromatic carbocycles. The molecule has 46 heavy (non-hydrogen) atoms. The van der Waals surface area contributed by atoms with Gasteiger partial charge in [-0.2, -0.15) is 0 Å². The third-order valence-corrected chi connectivity index (χ3v) is 8.14. The van der Waals surface area contributed by atoms with Crippen molar-refractivity contribution in [1.82, 2.24) is 0 Å². The van der Waals surface area contributed by atoms with E-state index >= 15 is 0 Å². The molecule has 13 heteroatoms. The molecule has 2 aliphatic heterocycles. The SMILES string of the molecule is COc1cc(C2Oc3c(OC)cc(CCCO)cc3C2CO[C@@H]2O[C@H](CO)[C@@H](O)[C@H](O)[C@H]2OC(=O)c2ccc(O)cc2)ccc1O. The molecule has 2 unspecified atom stereocenters. The Hall–Kier alpha value is -4.11. The van der Waals surface area contributed by atoms with Gasteiger partial charge in [-0.1, -0.05) is 12.1 Å². The van der Waals surface area contributed by atoms with Gasteiger partial charge in [0.05, 0.1) is 38.9 Å². The molecule has 1 saturated heterocycles. The molecule has 0 aliphatic carbocycles. The highest BCUT2D eigenvalue weighted by molar-refractivity contribution is 5.89. The lowest BCUT2D eigenvalue weighted by Gasteiger charge is -2.41. The van der Waals surface area contributed by atoms with Gasteiger partial charge in [0, 0.05) is 12.2 Å². The Kier molecular flexibility index (Phi) is 10.5. The van der Waals surface area contributed by atoms with Gasteiger partial charge >= 0.3 is 5.97 Å². The highest BCUT2D eigenvalue weighted by Crippen LogP contribution is 2.52. The highest BCUT2D eigenvalue weighted by Gasteiger charge is 2.48. The number of phenolic OH excluding ortho intramolecular Hbond substituents is 2. The van der Waals surface area contributed by atoms with Crippen molar-refractivity contribution in [3.63, 3.8) is 0 Å². The van der Waals surface area contributed by atoms with Gasteiger partial charge in [-0.3, -0.25) is 0 Å². The summed E-state index contributed by atoms with van der Waals surface area (Å²) >= 11 is 0. The van der Waals surface area contributed by atoms with Crippen LogP contribution in [0.3, 0.4) is 0 Å². The number of hydrogen-bond donors (Lipinski definition) is 6. The number of aryl methyl sites for hydroxylation is 1. The van der Waals surface area contributed by atoms with Gasteiger partial charge in [0.25, 0.3) is 0 Å². The van der Waals surface area contributed by atoms with Gasteiger partial charge in [0.1, 0.15) is 30.2 Å². The summed E-state index contributed by atoms with van der Waals surface area (Å²) in [5.41, 5.74) is 2.32. The van der Waals surface area contributed by atoms with E-state index in [-0.39, 0.29) is 36.0 Å². The van der Waals surface area contributed by atoms with Crippen LogP contribution in [0.4, 0.5) is 0 Å². The Bertz CT molecular complexity index is 1490. The first-order valence-electron chi connectivity index (χ1n) is 14.8. The lowest BCUT2D eigenvalue weighted by molar-refractivity contribution is -0.301. The number of aliphatic hydroxyl groups excluding tert-OH is 4. The molecular weight excluding hydrogens is 604 g/mol. The van der Waals surface area contributed by atoms with E-state index in [0.29, 0.717) is 29.9 Å². The molecule has 3 aromatic rings. The average Bonchev–Trinajstić information content (AvgIpc) is 3.43. The largest absolute Gasteiger partial charge is 0.508 e. The number of hydrogen-bond acceptors (Lipinski definition) is 13. The molecule has 0 saturated carbocycles. The van der Waals surface area contributed by atoms with Crippen molar-refractivity contribution in [2.75, 3.05) is 34.0 Å². The van der Waals surface area contributed by atoms with E-state index in [9.17, 15) is 35.4 Å². The number of carbonyl (C=O) groups excluding carboxylic acids is 1. The van der Waals surface area contributed by atoms with E-state index in [1.54, 1.807) is 12.1 Å². The van der Waals surface area contributed by atoms with Gasteiger partial charge < -0.3 is 59.1 Å². The van der Waals surface area contributed by atoms with Crippen LogP contribution in [-0.4, -0.2) is 101 Å². The maximum atomic E-state index is 13.0. The molecule has 248 valence electrons. The predicted octanol–water partition coefficient (Wildman–Crippen LogP) is 1.94. The van der Waals surface area contributed by atoms with Gasteiger partial charge in [-0.25, -0.2) is 4.79 Å². The molecule has 13 nitrogen and oxygen atoms in total. The molecule has 5 rings (SSSR count). The number of phenols is 2. The molecule has 0 amide bonds. The monoisotopic (exact) mass is 642 g/mol. The highest BCUT2D eigenvalue weighted by atomic mass is 16.7. The number of aliphatic hydroxyl groups is 4. The van der Waals surface area contributed by atoms with Crippen LogP contribution in [0.5, 0.6) is 28.7 Å². The van der Waals surface area contributed by atoms with Crippen LogP contribution >= 0.6 is 0 Å². The van der Waals surface area contributed by atoms with E-state index in [4.69, 9.17) is 28.4 Å². The van der Waals surface area contributed by atoms with Gasteiger partial charge in [-0.05, 0) is 66.4 Å². The molecule has 1 fully saturated rings. The van der Waals surface area contributed by atoms with E-state index in [1.165, 1.54) is 44.6 Å².